The van der Waals surface area contributed by atoms with Crippen LogP contribution in [0.4, 0.5) is 8.78 Å². The van der Waals surface area contributed by atoms with E-state index in [-0.39, 0.29) is 26.8 Å². The number of carboxylic acid groups (broad SMARTS) is 1. The Kier molecular flexibility index (Phi) is 9.28. The molecule has 0 spiro atoms. The van der Waals surface area contributed by atoms with Crippen molar-refractivity contribution < 1.29 is 60.7 Å². The molecule has 43 heavy (non-hydrogen) atoms. The summed E-state index contributed by atoms with van der Waals surface area (Å²) in [5, 5.41) is 8.96. The second-order valence-corrected chi connectivity index (χ2v) is 11.4. The lowest BCUT2D eigenvalue weighted by molar-refractivity contribution is -0.131. The molecule has 0 atom stereocenters. The predicted octanol–water partition coefficient (Wildman–Crippen LogP) is 6.26. The number of halogens is 2. The number of hydrogen-bond acceptors (Lipinski definition) is 10. The number of aliphatic carboxylic acids is 1. The van der Waals surface area contributed by atoms with Crippen LogP contribution in [0.25, 0.3) is 5.57 Å². The summed E-state index contributed by atoms with van der Waals surface area (Å²) in [4.78, 5) is 11.0. The van der Waals surface area contributed by atoms with Crippen LogP contribution in [-0.2, 0) is 46.8 Å². The Bertz CT molecular complexity index is 1470. The van der Waals surface area contributed by atoms with Gasteiger partial charge in [0, 0.05) is 11.6 Å². The Morgan fingerprint density at radius 1 is 0.837 bits per heavy atom. The third-order valence-electron chi connectivity index (χ3n) is 6.39. The van der Waals surface area contributed by atoms with E-state index in [1.165, 1.54) is 19.1 Å². The molecule has 0 radical (unpaired) electrons. The average Bonchev–Trinajstić information content (AvgIpc) is 3.66. The molecule has 0 amide bonds. The summed E-state index contributed by atoms with van der Waals surface area (Å²) in [5.74, 6) is 0.980. The summed E-state index contributed by atoms with van der Waals surface area (Å²) in [6.45, 7) is -0.00617. The third kappa shape index (κ3) is 7.15. The number of rotatable bonds is 14. The summed E-state index contributed by atoms with van der Waals surface area (Å²) in [7, 11) is -5.26. The lowest BCUT2D eigenvalue weighted by Crippen LogP contribution is -2.20. The highest BCUT2D eigenvalue weighted by molar-refractivity contribution is 7.54. The Hall–Kier alpha value is -4.00. The molecule has 228 valence electrons. The number of allylic oxidation sites excluding steroid dienone is 1. The van der Waals surface area contributed by atoms with Crippen LogP contribution in [-0.4, -0.2) is 38.2 Å². The van der Waals surface area contributed by atoms with Gasteiger partial charge in [0.25, 0.3) is 0 Å². The van der Waals surface area contributed by atoms with Crippen LogP contribution in [0.1, 0.15) is 29.2 Å². The number of carboxylic acids is 1. The fourth-order valence-corrected chi connectivity index (χ4v) is 5.44. The summed E-state index contributed by atoms with van der Waals surface area (Å²) in [6, 6.07) is 14.7. The zero-order chi connectivity index (χ0) is 30.5. The number of fused-ring (bicyclic) bond motifs is 2. The average molecular weight is 620 g/mol. The zero-order valence-electron chi connectivity index (χ0n) is 22.8. The number of hydrogen-bond donors (Lipinski definition) is 1. The minimum atomic E-state index is -5.26. The lowest BCUT2D eigenvalue weighted by atomic mass is 10.1. The van der Waals surface area contributed by atoms with E-state index in [1.807, 2.05) is 0 Å². The molecule has 0 saturated heterocycles. The van der Waals surface area contributed by atoms with Crippen molar-refractivity contribution in [1.29, 1.82) is 0 Å². The van der Waals surface area contributed by atoms with Crippen molar-refractivity contribution in [1.82, 2.24) is 0 Å². The molecular weight excluding hydrogens is 593 g/mol. The lowest BCUT2D eigenvalue weighted by Gasteiger charge is -2.26. The minimum absolute atomic E-state index is 0.0628. The SMILES string of the molecule is CC(=CC(=O)O)c1ccc(C(F)(F)P(=O)(OCOCc2ccc3c(c2)OCO3)OCOCc2ccc3c(c2)OCO3)cc1. The Morgan fingerprint density at radius 3 is 1.81 bits per heavy atom. The van der Waals surface area contributed by atoms with E-state index in [4.69, 9.17) is 42.6 Å². The van der Waals surface area contributed by atoms with Crippen LogP contribution in [0.15, 0.2) is 66.7 Å². The van der Waals surface area contributed by atoms with Crippen molar-refractivity contribution in [3.63, 3.8) is 0 Å². The number of benzene rings is 3. The fourth-order valence-electron chi connectivity index (χ4n) is 4.15. The van der Waals surface area contributed by atoms with Crippen LogP contribution in [0.2, 0.25) is 0 Å². The van der Waals surface area contributed by atoms with Crippen molar-refractivity contribution in [2.24, 2.45) is 0 Å². The van der Waals surface area contributed by atoms with Gasteiger partial charge in [0.15, 0.2) is 36.6 Å². The molecule has 0 aliphatic carbocycles. The van der Waals surface area contributed by atoms with Crippen LogP contribution in [0.3, 0.4) is 0 Å². The van der Waals surface area contributed by atoms with Crippen LogP contribution < -0.4 is 18.9 Å². The molecule has 3 aromatic rings. The maximum Gasteiger partial charge on any atom is 0.408 e. The molecule has 14 heteroatoms. The largest absolute Gasteiger partial charge is 0.478 e. The van der Waals surface area contributed by atoms with Crippen molar-refractivity contribution in [3.8, 4) is 23.0 Å². The van der Waals surface area contributed by atoms with Crippen molar-refractivity contribution >= 4 is 19.1 Å². The summed E-state index contributed by atoms with van der Waals surface area (Å²) in [5.41, 5.74) is -2.79. The highest BCUT2D eigenvalue weighted by Gasteiger charge is 2.55. The molecule has 0 aromatic heterocycles. The highest BCUT2D eigenvalue weighted by Crippen LogP contribution is 2.67. The monoisotopic (exact) mass is 620 g/mol. The molecule has 3 aromatic carbocycles. The van der Waals surface area contributed by atoms with Gasteiger partial charge in [0.05, 0.1) is 13.2 Å². The first kappa shape index (κ1) is 30.5. The molecule has 11 nitrogen and oxygen atoms in total. The number of ether oxygens (including phenoxy) is 6. The van der Waals surface area contributed by atoms with E-state index in [0.717, 1.165) is 18.2 Å². The van der Waals surface area contributed by atoms with Gasteiger partial charge >= 0.3 is 19.2 Å². The standard InChI is InChI=1S/C29H27F2O11P/c1-19(10-28(32)33)22-4-6-23(7-5-22)29(30,31)43(34,41-15-35-13-20-2-8-24-26(11-20)39-17-37-24)42-16-36-14-21-3-9-25-27(12-21)40-18-38-25/h2-12H,13-18H2,1H3,(H,32,33). The maximum atomic E-state index is 15.8. The molecule has 2 aliphatic heterocycles. The second-order valence-electron chi connectivity index (χ2n) is 9.35. The van der Waals surface area contributed by atoms with Gasteiger partial charge in [-0.1, -0.05) is 36.4 Å². The summed E-state index contributed by atoms with van der Waals surface area (Å²) < 4.78 is 87.2. The molecule has 2 heterocycles. The summed E-state index contributed by atoms with van der Waals surface area (Å²) >= 11 is 0. The first-order valence-corrected chi connectivity index (χ1v) is 14.4. The smallest absolute Gasteiger partial charge is 0.408 e. The van der Waals surface area contributed by atoms with Gasteiger partial charge in [-0.3, -0.25) is 13.6 Å². The topological polar surface area (TPSA) is 128 Å². The van der Waals surface area contributed by atoms with E-state index in [0.29, 0.717) is 45.3 Å². The first-order chi connectivity index (χ1) is 20.6. The molecule has 1 N–H and O–H groups in total. The molecule has 2 aliphatic rings. The van der Waals surface area contributed by atoms with E-state index in [2.05, 4.69) is 0 Å². The van der Waals surface area contributed by atoms with Crippen LogP contribution in [0, 0.1) is 0 Å². The van der Waals surface area contributed by atoms with E-state index >= 15 is 8.78 Å². The van der Waals surface area contributed by atoms with Gasteiger partial charge in [0.1, 0.15) is 0 Å². The molecule has 0 unspecified atom stereocenters. The maximum absolute atomic E-state index is 15.8. The Morgan fingerprint density at radius 2 is 1.33 bits per heavy atom. The van der Waals surface area contributed by atoms with Gasteiger partial charge in [-0.2, -0.15) is 8.78 Å². The number of carbonyl (C=O) groups is 1. The summed E-state index contributed by atoms with van der Waals surface area (Å²) in [6.07, 6.45) is 0.944. The second kappa shape index (κ2) is 13.1. The van der Waals surface area contributed by atoms with Gasteiger partial charge in [-0.25, -0.2) is 4.79 Å². The van der Waals surface area contributed by atoms with Gasteiger partial charge in [-0.05, 0) is 53.5 Å². The Balaban J connectivity index is 1.26. The normalized spacial score (nSPS) is 14.3. The van der Waals surface area contributed by atoms with Crippen LogP contribution >= 0.6 is 7.60 Å². The van der Waals surface area contributed by atoms with Crippen molar-refractivity contribution in [3.05, 3.63) is 89.0 Å². The third-order valence-corrected chi connectivity index (χ3v) is 8.23. The van der Waals surface area contributed by atoms with E-state index < -0.39 is 38.4 Å². The van der Waals surface area contributed by atoms with Gasteiger partial charge in [-0.15, -0.1) is 0 Å². The molecule has 0 fully saturated rings. The quantitative estimate of drug-likeness (QED) is 0.0950. The minimum Gasteiger partial charge on any atom is -0.478 e. The molecule has 0 bridgehead atoms. The Labute approximate surface area is 245 Å². The first-order valence-electron chi connectivity index (χ1n) is 12.9. The molecule has 5 rings (SSSR count). The predicted molar refractivity (Wildman–Crippen MR) is 146 cm³/mol. The van der Waals surface area contributed by atoms with Crippen molar-refractivity contribution in [2.75, 3.05) is 27.2 Å². The van der Waals surface area contributed by atoms with Crippen molar-refractivity contribution in [2.45, 2.75) is 25.8 Å². The highest BCUT2D eigenvalue weighted by atomic mass is 31.2. The van der Waals surface area contributed by atoms with E-state index in [9.17, 15) is 9.36 Å². The fraction of sp³-hybridized carbons (Fsp3) is 0.276. The van der Waals surface area contributed by atoms with Gasteiger partial charge < -0.3 is 33.5 Å². The van der Waals surface area contributed by atoms with Crippen LogP contribution in [0.5, 0.6) is 23.0 Å². The zero-order valence-corrected chi connectivity index (χ0v) is 23.7. The van der Waals surface area contributed by atoms with E-state index in [1.54, 1.807) is 36.4 Å². The number of alkyl halides is 2. The van der Waals surface area contributed by atoms with Gasteiger partial charge in [0.2, 0.25) is 13.6 Å². The molecule has 0 saturated carbocycles. The molecular formula is C29H27F2O11P.